The minimum Gasteiger partial charge on any atom is -0.312 e. The average Bonchev–Trinajstić information content (AvgIpc) is 3.36. The molecule has 4 nitrogen and oxygen atoms in total. The van der Waals surface area contributed by atoms with Crippen molar-refractivity contribution in [1.29, 1.82) is 0 Å². The molecule has 3 N–H and O–H groups in total. The molecular formula is C22H29FN4. The zero-order valence-corrected chi connectivity index (χ0v) is 15.8. The third kappa shape index (κ3) is 4.93. The van der Waals surface area contributed by atoms with Gasteiger partial charge < -0.3 is 5.32 Å². The van der Waals surface area contributed by atoms with Crippen LogP contribution in [-0.2, 0) is 13.1 Å². The minimum atomic E-state index is -0.187. The third-order valence-electron chi connectivity index (χ3n) is 5.69. The maximum absolute atomic E-state index is 13.2. The van der Waals surface area contributed by atoms with Gasteiger partial charge in [-0.25, -0.2) is 9.82 Å². The summed E-state index contributed by atoms with van der Waals surface area (Å²) >= 11 is 0. The summed E-state index contributed by atoms with van der Waals surface area (Å²) in [6.45, 7) is 6.24. The van der Waals surface area contributed by atoms with E-state index in [-0.39, 0.29) is 11.9 Å². The normalized spacial score (nSPS) is 23.1. The summed E-state index contributed by atoms with van der Waals surface area (Å²) < 4.78 is 13.2. The molecule has 2 saturated heterocycles. The zero-order valence-electron chi connectivity index (χ0n) is 15.8. The van der Waals surface area contributed by atoms with E-state index >= 15 is 0 Å². The van der Waals surface area contributed by atoms with Crippen LogP contribution in [0.25, 0.3) is 0 Å². The molecule has 2 aliphatic heterocycles. The highest BCUT2D eigenvalue weighted by molar-refractivity contribution is 5.23. The van der Waals surface area contributed by atoms with E-state index in [1.165, 1.54) is 49.2 Å². The molecule has 0 radical (unpaired) electrons. The van der Waals surface area contributed by atoms with Gasteiger partial charge in [0.25, 0.3) is 0 Å². The third-order valence-corrected chi connectivity index (χ3v) is 5.69. The van der Waals surface area contributed by atoms with Gasteiger partial charge in [-0.2, -0.15) is 0 Å². The van der Waals surface area contributed by atoms with Gasteiger partial charge in [-0.3, -0.25) is 10.3 Å². The molecule has 5 heteroatoms. The quantitative estimate of drug-likeness (QED) is 0.703. The zero-order chi connectivity index (χ0) is 18.5. The largest absolute Gasteiger partial charge is 0.312 e. The summed E-state index contributed by atoms with van der Waals surface area (Å²) in [6, 6.07) is 16.0. The molecule has 0 amide bonds. The Morgan fingerprint density at radius 2 is 1.67 bits per heavy atom. The van der Waals surface area contributed by atoms with Crippen molar-refractivity contribution in [1.82, 2.24) is 21.1 Å². The van der Waals surface area contributed by atoms with Crippen LogP contribution in [0.1, 0.15) is 35.6 Å². The standard InChI is InChI=1S/C22H29FN4/c23-21-9-7-19(8-10-21)22-20(15-25-26-22)14-24-13-17-3-5-18(6-4-17)16-27-11-1-2-12-27/h3-10,20,22,24-26H,1-2,11-16H2. The summed E-state index contributed by atoms with van der Waals surface area (Å²) in [5, 5.41) is 3.58. The summed E-state index contributed by atoms with van der Waals surface area (Å²) in [6.07, 6.45) is 2.68. The number of nitrogens with zero attached hydrogens (tertiary/aromatic N) is 1. The maximum Gasteiger partial charge on any atom is 0.123 e. The topological polar surface area (TPSA) is 39.3 Å². The molecule has 27 heavy (non-hydrogen) atoms. The second kappa shape index (κ2) is 8.93. The van der Waals surface area contributed by atoms with Gasteiger partial charge in [0, 0.05) is 32.1 Å². The lowest BCUT2D eigenvalue weighted by molar-refractivity contribution is 0.331. The first-order chi connectivity index (χ1) is 13.3. The Kier molecular flexibility index (Phi) is 6.14. The van der Waals surface area contributed by atoms with Crippen molar-refractivity contribution < 1.29 is 4.39 Å². The fourth-order valence-corrected chi connectivity index (χ4v) is 4.11. The van der Waals surface area contributed by atoms with E-state index in [9.17, 15) is 4.39 Å². The maximum atomic E-state index is 13.2. The fraction of sp³-hybridized carbons (Fsp3) is 0.455. The minimum absolute atomic E-state index is 0.187. The second-order valence-electron chi connectivity index (χ2n) is 7.75. The summed E-state index contributed by atoms with van der Waals surface area (Å²) in [5.74, 6) is 0.248. The van der Waals surface area contributed by atoms with Crippen LogP contribution < -0.4 is 16.2 Å². The van der Waals surface area contributed by atoms with Crippen LogP contribution in [-0.4, -0.2) is 31.1 Å². The summed E-state index contributed by atoms with van der Waals surface area (Å²) in [5.41, 5.74) is 10.4. The van der Waals surface area contributed by atoms with E-state index in [1.54, 1.807) is 0 Å². The van der Waals surface area contributed by atoms with Gasteiger partial charge in [-0.15, -0.1) is 0 Å². The van der Waals surface area contributed by atoms with Gasteiger partial charge in [0.1, 0.15) is 5.82 Å². The van der Waals surface area contributed by atoms with E-state index in [4.69, 9.17) is 0 Å². The number of halogens is 1. The molecule has 0 saturated carbocycles. The molecule has 0 aromatic heterocycles. The molecule has 0 aliphatic carbocycles. The SMILES string of the molecule is Fc1ccc(C2NNCC2CNCc2ccc(CN3CCCC3)cc2)cc1. The predicted molar refractivity (Wildman–Crippen MR) is 106 cm³/mol. The van der Waals surface area contributed by atoms with Crippen LogP contribution in [0.15, 0.2) is 48.5 Å². The molecule has 2 aromatic carbocycles. The predicted octanol–water partition coefficient (Wildman–Crippen LogP) is 2.98. The first-order valence-electron chi connectivity index (χ1n) is 10.0. The van der Waals surface area contributed by atoms with E-state index in [2.05, 4.69) is 45.3 Å². The Morgan fingerprint density at radius 1 is 0.963 bits per heavy atom. The van der Waals surface area contributed by atoms with Gasteiger partial charge in [0.2, 0.25) is 0 Å². The molecule has 2 unspecified atom stereocenters. The highest BCUT2D eigenvalue weighted by Crippen LogP contribution is 2.24. The van der Waals surface area contributed by atoms with Crippen molar-refractivity contribution in [2.24, 2.45) is 5.92 Å². The van der Waals surface area contributed by atoms with E-state index in [1.807, 2.05) is 12.1 Å². The van der Waals surface area contributed by atoms with E-state index < -0.39 is 0 Å². The van der Waals surface area contributed by atoms with Gasteiger partial charge >= 0.3 is 0 Å². The number of hydrogen-bond acceptors (Lipinski definition) is 4. The Hall–Kier alpha value is -1.79. The van der Waals surface area contributed by atoms with Crippen molar-refractivity contribution in [2.75, 3.05) is 26.2 Å². The van der Waals surface area contributed by atoms with Crippen LogP contribution in [0.4, 0.5) is 4.39 Å². The molecule has 4 rings (SSSR count). The van der Waals surface area contributed by atoms with Crippen LogP contribution in [0, 0.1) is 11.7 Å². The van der Waals surface area contributed by atoms with Crippen molar-refractivity contribution in [3.63, 3.8) is 0 Å². The molecular weight excluding hydrogens is 339 g/mol. The summed E-state index contributed by atoms with van der Waals surface area (Å²) in [4.78, 5) is 2.53. The number of hydrogen-bond donors (Lipinski definition) is 3. The number of likely N-dealkylation sites (tertiary alicyclic amines) is 1. The van der Waals surface area contributed by atoms with Gasteiger partial charge in [0.05, 0.1) is 6.04 Å². The molecule has 144 valence electrons. The first-order valence-corrected chi connectivity index (χ1v) is 10.0. The van der Waals surface area contributed by atoms with Gasteiger partial charge in [-0.05, 0) is 54.8 Å². The summed E-state index contributed by atoms with van der Waals surface area (Å²) in [7, 11) is 0. The number of rotatable bonds is 7. The Morgan fingerprint density at radius 3 is 2.41 bits per heavy atom. The molecule has 2 aliphatic rings. The van der Waals surface area contributed by atoms with E-state index in [0.717, 1.165) is 31.7 Å². The van der Waals surface area contributed by atoms with Crippen molar-refractivity contribution >= 4 is 0 Å². The lowest BCUT2D eigenvalue weighted by Crippen LogP contribution is -2.28. The fourth-order valence-electron chi connectivity index (χ4n) is 4.11. The smallest absolute Gasteiger partial charge is 0.123 e. The highest BCUT2D eigenvalue weighted by Gasteiger charge is 2.27. The van der Waals surface area contributed by atoms with Crippen LogP contribution in [0.5, 0.6) is 0 Å². The monoisotopic (exact) mass is 368 g/mol. The second-order valence-corrected chi connectivity index (χ2v) is 7.75. The van der Waals surface area contributed by atoms with E-state index in [0.29, 0.717) is 5.92 Å². The lowest BCUT2D eigenvalue weighted by Gasteiger charge is -2.19. The van der Waals surface area contributed by atoms with Crippen molar-refractivity contribution in [2.45, 2.75) is 32.0 Å². The lowest BCUT2D eigenvalue weighted by atomic mass is 9.95. The Bertz CT molecular complexity index is 710. The Balaban J connectivity index is 1.25. The molecule has 2 fully saturated rings. The van der Waals surface area contributed by atoms with Crippen LogP contribution in [0.2, 0.25) is 0 Å². The molecule has 0 spiro atoms. The molecule has 2 aromatic rings. The Labute approximate surface area is 161 Å². The van der Waals surface area contributed by atoms with Gasteiger partial charge in [0.15, 0.2) is 0 Å². The first kappa shape index (κ1) is 18.6. The van der Waals surface area contributed by atoms with Crippen LogP contribution >= 0.6 is 0 Å². The van der Waals surface area contributed by atoms with Crippen molar-refractivity contribution in [3.05, 3.63) is 71.0 Å². The molecule has 2 atom stereocenters. The van der Waals surface area contributed by atoms with Crippen LogP contribution in [0.3, 0.4) is 0 Å². The number of benzene rings is 2. The van der Waals surface area contributed by atoms with Gasteiger partial charge in [-0.1, -0.05) is 36.4 Å². The number of hydrazine groups is 1. The number of nitrogens with one attached hydrogen (secondary N) is 3. The molecule has 0 bridgehead atoms. The highest BCUT2D eigenvalue weighted by atomic mass is 19.1. The average molecular weight is 369 g/mol. The van der Waals surface area contributed by atoms with Crippen molar-refractivity contribution in [3.8, 4) is 0 Å². The molecule has 2 heterocycles.